The van der Waals surface area contributed by atoms with E-state index in [-0.39, 0.29) is 0 Å². The summed E-state index contributed by atoms with van der Waals surface area (Å²) in [6, 6.07) is 5.61. The van der Waals surface area contributed by atoms with E-state index in [4.69, 9.17) is 4.84 Å². The van der Waals surface area contributed by atoms with Crippen molar-refractivity contribution in [2.45, 2.75) is 6.61 Å². The molecule has 0 aliphatic rings. The number of oxime groups is 1. The highest BCUT2D eigenvalue weighted by Gasteiger charge is 2.02. The smallest absolute Gasteiger partial charge is 0.159 e. The zero-order valence-electron chi connectivity index (χ0n) is 8.58. The summed E-state index contributed by atoms with van der Waals surface area (Å²) >= 11 is 0. The molecule has 0 fully saturated rings. The lowest BCUT2D eigenvalue weighted by Crippen LogP contribution is -1.94. The van der Waals surface area contributed by atoms with Crippen LogP contribution in [-0.2, 0) is 11.4 Å². The van der Waals surface area contributed by atoms with Gasteiger partial charge in [0.15, 0.2) is 6.61 Å². The van der Waals surface area contributed by atoms with E-state index in [0.29, 0.717) is 6.61 Å². The molecule has 0 atom stereocenters. The Kier molecular flexibility index (Phi) is 3.18. The van der Waals surface area contributed by atoms with Gasteiger partial charge in [0.05, 0.1) is 17.6 Å². The summed E-state index contributed by atoms with van der Waals surface area (Å²) < 4.78 is 0. The summed E-state index contributed by atoms with van der Waals surface area (Å²) in [7, 11) is 0. The Morgan fingerprint density at radius 2 is 2.19 bits per heavy atom. The average molecular weight is 214 g/mol. The molecule has 2 heterocycles. The van der Waals surface area contributed by atoms with E-state index in [1.807, 2.05) is 18.2 Å². The fourth-order valence-electron chi connectivity index (χ4n) is 1.25. The van der Waals surface area contributed by atoms with Gasteiger partial charge in [-0.3, -0.25) is 9.97 Å². The van der Waals surface area contributed by atoms with Gasteiger partial charge in [0.2, 0.25) is 0 Å². The molecule has 16 heavy (non-hydrogen) atoms. The third-order valence-corrected chi connectivity index (χ3v) is 1.94. The van der Waals surface area contributed by atoms with Crippen molar-refractivity contribution in [1.82, 2.24) is 15.0 Å². The Labute approximate surface area is 92.8 Å². The molecule has 2 aromatic rings. The Morgan fingerprint density at radius 3 is 2.94 bits per heavy atom. The van der Waals surface area contributed by atoms with Crippen molar-refractivity contribution < 1.29 is 4.84 Å². The first-order valence-electron chi connectivity index (χ1n) is 4.70. The molecule has 0 saturated heterocycles. The van der Waals surface area contributed by atoms with Gasteiger partial charge < -0.3 is 4.84 Å². The molecule has 0 radical (unpaired) electrons. The van der Waals surface area contributed by atoms with Crippen molar-refractivity contribution in [3.05, 3.63) is 42.5 Å². The minimum absolute atomic E-state index is 0.303. The first-order chi connectivity index (χ1) is 7.90. The molecule has 5 heteroatoms. The maximum Gasteiger partial charge on any atom is 0.159 e. The molecule has 80 valence electrons. The van der Waals surface area contributed by atoms with E-state index in [1.54, 1.807) is 18.6 Å². The third kappa shape index (κ3) is 2.38. The lowest BCUT2D eigenvalue weighted by molar-refractivity contribution is 0.130. The van der Waals surface area contributed by atoms with Crippen LogP contribution in [0, 0.1) is 0 Å². The molecule has 0 spiro atoms. The topological polar surface area (TPSA) is 60.3 Å². The van der Waals surface area contributed by atoms with Crippen LogP contribution in [0.25, 0.3) is 11.4 Å². The number of pyridine rings is 1. The SMILES string of the molecule is C=NOCc1cccc(-c2cnccn2)n1. The van der Waals surface area contributed by atoms with Crippen LogP contribution in [0.2, 0.25) is 0 Å². The van der Waals surface area contributed by atoms with Gasteiger partial charge in [0.1, 0.15) is 5.69 Å². The zero-order chi connectivity index (χ0) is 11.2. The van der Waals surface area contributed by atoms with E-state index in [0.717, 1.165) is 17.1 Å². The Bertz CT molecular complexity index is 472. The van der Waals surface area contributed by atoms with Crippen LogP contribution in [0.4, 0.5) is 0 Å². The van der Waals surface area contributed by atoms with Crippen molar-refractivity contribution in [3.63, 3.8) is 0 Å². The Morgan fingerprint density at radius 1 is 1.25 bits per heavy atom. The van der Waals surface area contributed by atoms with Gasteiger partial charge >= 0.3 is 0 Å². The number of rotatable bonds is 4. The van der Waals surface area contributed by atoms with Crippen LogP contribution in [0.5, 0.6) is 0 Å². The van der Waals surface area contributed by atoms with E-state index < -0.39 is 0 Å². The Hall–Kier alpha value is -2.30. The maximum absolute atomic E-state index is 4.83. The fourth-order valence-corrected chi connectivity index (χ4v) is 1.25. The second kappa shape index (κ2) is 4.97. The van der Waals surface area contributed by atoms with E-state index in [2.05, 4.69) is 26.8 Å². The van der Waals surface area contributed by atoms with Crippen molar-refractivity contribution >= 4 is 6.72 Å². The number of hydrogen-bond donors (Lipinski definition) is 0. The molecule has 0 saturated carbocycles. The van der Waals surface area contributed by atoms with Gasteiger partial charge in [0, 0.05) is 19.1 Å². The number of hydrogen-bond acceptors (Lipinski definition) is 5. The minimum atomic E-state index is 0.303. The van der Waals surface area contributed by atoms with Gasteiger partial charge in [-0.15, -0.1) is 5.16 Å². The van der Waals surface area contributed by atoms with Gasteiger partial charge in [-0.1, -0.05) is 6.07 Å². The molecule has 0 aromatic carbocycles. The lowest BCUT2D eigenvalue weighted by atomic mass is 10.2. The molecule has 2 aromatic heterocycles. The molecular formula is C11H10N4O. The molecule has 0 N–H and O–H groups in total. The first-order valence-corrected chi connectivity index (χ1v) is 4.70. The van der Waals surface area contributed by atoms with Gasteiger partial charge in [-0.25, -0.2) is 4.98 Å². The van der Waals surface area contributed by atoms with Crippen LogP contribution in [0.1, 0.15) is 5.69 Å². The van der Waals surface area contributed by atoms with Crippen LogP contribution >= 0.6 is 0 Å². The molecule has 5 nitrogen and oxygen atoms in total. The molecule has 2 rings (SSSR count). The lowest BCUT2D eigenvalue weighted by Gasteiger charge is -2.02. The maximum atomic E-state index is 4.83. The predicted molar refractivity (Wildman–Crippen MR) is 59.6 cm³/mol. The summed E-state index contributed by atoms with van der Waals surface area (Å²) in [5.41, 5.74) is 2.27. The summed E-state index contributed by atoms with van der Waals surface area (Å²) in [6.07, 6.45) is 4.92. The molecule has 0 amide bonds. The highest BCUT2D eigenvalue weighted by atomic mass is 16.6. The molecule has 0 unspecified atom stereocenters. The second-order valence-corrected chi connectivity index (χ2v) is 3.01. The van der Waals surface area contributed by atoms with Crippen molar-refractivity contribution in [2.24, 2.45) is 5.16 Å². The third-order valence-electron chi connectivity index (χ3n) is 1.94. The normalized spacial score (nSPS) is 9.75. The van der Waals surface area contributed by atoms with Crippen molar-refractivity contribution in [3.8, 4) is 11.4 Å². The fraction of sp³-hybridized carbons (Fsp3) is 0.0909. The average Bonchev–Trinajstić information content (AvgIpc) is 2.38. The highest BCUT2D eigenvalue weighted by Crippen LogP contribution is 2.12. The predicted octanol–water partition coefficient (Wildman–Crippen LogP) is 1.67. The van der Waals surface area contributed by atoms with E-state index in [1.165, 1.54) is 0 Å². The van der Waals surface area contributed by atoms with Crippen LogP contribution in [-0.4, -0.2) is 21.7 Å². The summed E-state index contributed by atoms with van der Waals surface area (Å²) in [4.78, 5) is 17.4. The first kappa shape index (κ1) is 10.2. The summed E-state index contributed by atoms with van der Waals surface area (Å²) in [6.45, 7) is 3.54. The monoisotopic (exact) mass is 214 g/mol. The van der Waals surface area contributed by atoms with Crippen molar-refractivity contribution in [1.29, 1.82) is 0 Å². The number of aromatic nitrogens is 3. The largest absolute Gasteiger partial charge is 0.390 e. The molecule has 0 bridgehead atoms. The van der Waals surface area contributed by atoms with Crippen LogP contribution in [0.15, 0.2) is 41.9 Å². The zero-order valence-corrected chi connectivity index (χ0v) is 8.58. The highest BCUT2D eigenvalue weighted by molar-refractivity contribution is 5.52. The molecular weight excluding hydrogens is 204 g/mol. The van der Waals surface area contributed by atoms with E-state index in [9.17, 15) is 0 Å². The van der Waals surface area contributed by atoms with Crippen LogP contribution in [0.3, 0.4) is 0 Å². The van der Waals surface area contributed by atoms with Gasteiger partial charge in [-0.05, 0) is 12.1 Å². The van der Waals surface area contributed by atoms with Gasteiger partial charge in [-0.2, -0.15) is 0 Å². The van der Waals surface area contributed by atoms with Crippen molar-refractivity contribution in [2.75, 3.05) is 0 Å². The molecule has 0 aliphatic heterocycles. The molecule has 0 aliphatic carbocycles. The van der Waals surface area contributed by atoms with E-state index >= 15 is 0 Å². The quantitative estimate of drug-likeness (QED) is 0.573. The summed E-state index contributed by atoms with van der Waals surface area (Å²) in [5, 5.41) is 3.32. The van der Waals surface area contributed by atoms with Crippen LogP contribution < -0.4 is 0 Å². The Balaban J connectivity index is 2.25. The second-order valence-electron chi connectivity index (χ2n) is 3.01. The minimum Gasteiger partial charge on any atom is -0.390 e. The summed E-state index contributed by atoms with van der Waals surface area (Å²) in [5.74, 6) is 0. The number of nitrogens with zero attached hydrogens (tertiary/aromatic N) is 4. The van der Waals surface area contributed by atoms with Gasteiger partial charge in [0.25, 0.3) is 0 Å². The standard InChI is InChI=1S/C11H10N4O/c1-12-16-8-9-3-2-4-10(15-9)11-7-13-5-6-14-11/h2-7H,1,8H2.